The third kappa shape index (κ3) is 3.38. The van der Waals surface area contributed by atoms with E-state index in [-0.39, 0.29) is 17.0 Å². The Bertz CT molecular complexity index is 676. The van der Waals surface area contributed by atoms with Gasteiger partial charge in [-0.1, -0.05) is 18.2 Å². The van der Waals surface area contributed by atoms with Crippen molar-refractivity contribution in [2.45, 2.75) is 11.7 Å². The molecule has 1 aromatic heterocycles. The van der Waals surface area contributed by atoms with Crippen LogP contribution in [-0.4, -0.2) is 29.6 Å². The van der Waals surface area contributed by atoms with Crippen molar-refractivity contribution in [1.82, 2.24) is 4.90 Å². The number of halogens is 2. The fourth-order valence-electron chi connectivity index (χ4n) is 2.54. The molecule has 1 aromatic carbocycles. The molecule has 0 saturated carbocycles. The van der Waals surface area contributed by atoms with Crippen molar-refractivity contribution in [1.29, 1.82) is 0 Å². The molecular formula is C16H15BrFNO2S. The van der Waals surface area contributed by atoms with E-state index < -0.39 is 0 Å². The van der Waals surface area contributed by atoms with Crippen molar-refractivity contribution >= 4 is 33.6 Å². The minimum Gasteiger partial charge on any atom is -0.444 e. The van der Waals surface area contributed by atoms with Crippen LogP contribution < -0.4 is 0 Å². The number of furan rings is 1. The number of carbonyl (C=O) groups excluding carboxylic acids is 1. The molecule has 0 N–H and O–H groups in total. The van der Waals surface area contributed by atoms with Gasteiger partial charge in [0.05, 0.1) is 0 Å². The largest absolute Gasteiger partial charge is 0.444 e. The lowest BCUT2D eigenvalue weighted by Gasteiger charge is -2.19. The number of benzene rings is 1. The summed E-state index contributed by atoms with van der Waals surface area (Å²) < 4.78 is 19.8. The number of amides is 1. The summed E-state index contributed by atoms with van der Waals surface area (Å²) in [5, 5.41) is 0.0855. The van der Waals surface area contributed by atoms with Crippen LogP contribution in [0.25, 0.3) is 0 Å². The van der Waals surface area contributed by atoms with Crippen LogP contribution in [0.4, 0.5) is 4.39 Å². The second-order valence-electron chi connectivity index (χ2n) is 5.07. The van der Waals surface area contributed by atoms with Crippen LogP contribution in [0.1, 0.15) is 27.8 Å². The fraction of sp³-hybridized carbons (Fsp3) is 0.312. The van der Waals surface area contributed by atoms with E-state index in [1.165, 1.54) is 6.07 Å². The summed E-state index contributed by atoms with van der Waals surface area (Å²) >= 11 is 4.90. The highest BCUT2D eigenvalue weighted by Gasteiger charge is 2.25. The molecule has 116 valence electrons. The highest BCUT2D eigenvalue weighted by molar-refractivity contribution is 9.10. The normalized spacial score (nSPS) is 19.0. The summed E-state index contributed by atoms with van der Waals surface area (Å²) in [6, 6.07) is 10.2. The van der Waals surface area contributed by atoms with Crippen LogP contribution >= 0.6 is 27.7 Å². The second-order valence-corrected chi connectivity index (χ2v) is 7.16. The van der Waals surface area contributed by atoms with E-state index in [0.717, 1.165) is 17.7 Å². The molecule has 1 fully saturated rings. The van der Waals surface area contributed by atoms with Gasteiger partial charge in [-0.2, -0.15) is 11.8 Å². The molecule has 1 amide bonds. The quantitative estimate of drug-likeness (QED) is 0.765. The van der Waals surface area contributed by atoms with E-state index in [9.17, 15) is 9.18 Å². The van der Waals surface area contributed by atoms with Crippen LogP contribution in [0.3, 0.4) is 0 Å². The molecule has 0 bridgehead atoms. The van der Waals surface area contributed by atoms with Gasteiger partial charge >= 0.3 is 0 Å². The standard InChI is InChI=1S/C16H15BrFNO2S/c17-15-6-5-13(21-15)16(20)19-8-7-14(22-10-9-19)11-3-1-2-4-12(11)18/h1-6,14H,7-10H2/t14-/m0/s1. The highest BCUT2D eigenvalue weighted by atomic mass is 79.9. The van der Waals surface area contributed by atoms with Crippen LogP contribution in [0.2, 0.25) is 0 Å². The summed E-state index contributed by atoms with van der Waals surface area (Å²) in [4.78, 5) is 14.2. The third-order valence-electron chi connectivity index (χ3n) is 3.66. The van der Waals surface area contributed by atoms with Gasteiger partial charge in [-0.25, -0.2) is 4.39 Å². The van der Waals surface area contributed by atoms with Gasteiger partial charge in [0, 0.05) is 29.7 Å². The minimum absolute atomic E-state index is 0.0855. The van der Waals surface area contributed by atoms with Gasteiger partial charge in [0.25, 0.3) is 5.91 Å². The molecule has 0 unspecified atom stereocenters. The number of hydrogen-bond donors (Lipinski definition) is 0. The maximum atomic E-state index is 13.9. The molecule has 0 radical (unpaired) electrons. The predicted octanol–water partition coefficient (Wildman–Crippen LogP) is 4.50. The monoisotopic (exact) mass is 383 g/mol. The number of hydrogen-bond acceptors (Lipinski definition) is 3. The van der Waals surface area contributed by atoms with Crippen LogP contribution in [-0.2, 0) is 0 Å². The molecule has 2 aromatic rings. The average Bonchev–Trinajstić information content (AvgIpc) is 2.81. The topological polar surface area (TPSA) is 33.5 Å². The Morgan fingerprint density at radius 3 is 2.82 bits per heavy atom. The Hall–Kier alpha value is -1.27. The molecule has 22 heavy (non-hydrogen) atoms. The van der Waals surface area contributed by atoms with Crippen LogP contribution in [0.5, 0.6) is 0 Å². The van der Waals surface area contributed by atoms with Gasteiger partial charge in [0.15, 0.2) is 10.4 Å². The first-order valence-electron chi connectivity index (χ1n) is 7.06. The predicted molar refractivity (Wildman–Crippen MR) is 88.5 cm³/mol. The Labute approximate surface area is 141 Å². The molecule has 0 aliphatic carbocycles. The molecule has 0 spiro atoms. The molecule has 3 rings (SSSR count). The zero-order valence-corrected chi connectivity index (χ0v) is 14.2. The Morgan fingerprint density at radius 2 is 2.09 bits per heavy atom. The van der Waals surface area contributed by atoms with E-state index in [0.29, 0.717) is 23.5 Å². The lowest BCUT2D eigenvalue weighted by atomic mass is 10.1. The van der Waals surface area contributed by atoms with E-state index in [1.807, 2.05) is 12.1 Å². The van der Waals surface area contributed by atoms with Crippen molar-refractivity contribution in [3.63, 3.8) is 0 Å². The summed E-state index contributed by atoms with van der Waals surface area (Å²) in [6.07, 6.45) is 0.735. The Kier molecular flexibility index (Phi) is 4.88. The van der Waals surface area contributed by atoms with E-state index >= 15 is 0 Å². The molecule has 6 heteroatoms. The van der Waals surface area contributed by atoms with E-state index in [1.54, 1.807) is 34.9 Å². The third-order valence-corrected chi connectivity index (χ3v) is 5.40. The zero-order valence-electron chi connectivity index (χ0n) is 11.8. The lowest BCUT2D eigenvalue weighted by Crippen LogP contribution is -2.32. The molecule has 1 aliphatic heterocycles. The van der Waals surface area contributed by atoms with Gasteiger partial charge in [0.1, 0.15) is 5.82 Å². The number of carbonyl (C=O) groups is 1. The smallest absolute Gasteiger partial charge is 0.289 e. The summed E-state index contributed by atoms with van der Waals surface area (Å²) in [5.41, 5.74) is 0.725. The number of nitrogens with zero attached hydrogens (tertiary/aromatic N) is 1. The number of thioether (sulfide) groups is 1. The van der Waals surface area contributed by atoms with Crippen molar-refractivity contribution in [3.05, 3.63) is 58.2 Å². The molecule has 2 heterocycles. The second kappa shape index (κ2) is 6.87. The highest BCUT2D eigenvalue weighted by Crippen LogP contribution is 2.35. The summed E-state index contributed by atoms with van der Waals surface area (Å²) in [7, 11) is 0. The molecule has 1 atom stereocenters. The van der Waals surface area contributed by atoms with Gasteiger partial charge in [-0.05, 0) is 40.5 Å². The lowest BCUT2D eigenvalue weighted by molar-refractivity contribution is 0.0733. The first kappa shape index (κ1) is 15.6. The fourth-order valence-corrected chi connectivity index (χ4v) is 4.10. The van der Waals surface area contributed by atoms with Crippen molar-refractivity contribution in [2.75, 3.05) is 18.8 Å². The van der Waals surface area contributed by atoms with Gasteiger partial charge in [-0.3, -0.25) is 4.79 Å². The van der Waals surface area contributed by atoms with Crippen LogP contribution in [0, 0.1) is 5.82 Å². The van der Waals surface area contributed by atoms with Gasteiger partial charge < -0.3 is 9.32 Å². The van der Waals surface area contributed by atoms with Crippen molar-refractivity contribution < 1.29 is 13.6 Å². The average molecular weight is 384 g/mol. The van der Waals surface area contributed by atoms with Gasteiger partial charge in [-0.15, -0.1) is 0 Å². The SMILES string of the molecule is O=C(c1ccc(Br)o1)N1CCS[C@H](c2ccccc2F)CC1. The molecule has 1 aliphatic rings. The maximum absolute atomic E-state index is 13.9. The van der Waals surface area contributed by atoms with E-state index in [2.05, 4.69) is 15.9 Å². The van der Waals surface area contributed by atoms with Crippen molar-refractivity contribution in [3.8, 4) is 0 Å². The van der Waals surface area contributed by atoms with Crippen molar-refractivity contribution in [2.24, 2.45) is 0 Å². The number of rotatable bonds is 2. The van der Waals surface area contributed by atoms with Gasteiger partial charge in [0.2, 0.25) is 0 Å². The molecular weight excluding hydrogens is 369 g/mol. The maximum Gasteiger partial charge on any atom is 0.289 e. The first-order chi connectivity index (χ1) is 10.6. The Balaban J connectivity index is 1.70. The van der Waals surface area contributed by atoms with E-state index in [4.69, 9.17) is 4.42 Å². The summed E-state index contributed by atoms with van der Waals surface area (Å²) in [5.74, 6) is 0.837. The first-order valence-corrected chi connectivity index (χ1v) is 8.90. The van der Waals surface area contributed by atoms with Crippen LogP contribution in [0.15, 0.2) is 45.5 Å². The summed E-state index contributed by atoms with van der Waals surface area (Å²) in [6.45, 7) is 1.25. The molecule has 1 saturated heterocycles. The zero-order chi connectivity index (χ0) is 15.5. The molecule has 3 nitrogen and oxygen atoms in total. The minimum atomic E-state index is -0.172. The Morgan fingerprint density at radius 1 is 1.27 bits per heavy atom.